The van der Waals surface area contributed by atoms with Crippen LogP contribution in [0.5, 0.6) is 0 Å². The molecule has 3 aromatic rings. The second-order valence-electron chi connectivity index (χ2n) is 6.66. The zero-order valence-corrected chi connectivity index (χ0v) is 18.0. The number of aryl methyl sites for hydroxylation is 1. The monoisotopic (exact) mass is 445 g/mol. The van der Waals surface area contributed by atoms with Crippen molar-refractivity contribution >= 4 is 45.4 Å². The van der Waals surface area contributed by atoms with Crippen LogP contribution in [0, 0.1) is 19.7 Å². The molecule has 0 aliphatic carbocycles. The van der Waals surface area contributed by atoms with Gasteiger partial charge in [0.2, 0.25) is 5.91 Å². The van der Waals surface area contributed by atoms with Crippen LogP contribution in [0.2, 0.25) is 0 Å². The average molecular weight is 446 g/mol. The van der Waals surface area contributed by atoms with Gasteiger partial charge in [-0.25, -0.2) is 4.39 Å². The highest BCUT2D eigenvalue weighted by Gasteiger charge is 2.23. The maximum Gasteiger partial charge on any atom is 0.264 e. The summed E-state index contributed by atoms with van der Waals surface area (Å²) >= 11 is 2.53. The molecule has 0 spiro atoms. The third-order valence-corrected chi connectivity index (χ3v) is 6.51. The van der Waals surface area contributed by atoms with Gasteiger partial charge < -0.3 is 16.0 Å². The fraction of sp³-hybridized carbons (Fsp3) is 0.190. The Morgan fingerprint density at radius 2 is 1.83 bits per heavy atom. The second kappa shape index (κ2) is 9.19. The molecule has 3 amide bonds. The molecule has 0 radical (unpaired) electrons. The van der Waals surface area contributed by atoms with E-state index in [9.17, 15) is 18.8 Å². The lowest BCUT2D eigenvalue weighted by Gasteiger charge is -2.22. The fourth-order valence-electron chi connectivity index (χ4n) is 2.92. The number of nitrogens with one attached hydrogen (secondary N) is 1. The highest BCUT2D eigenvalue weighted by Crippen LogP contribution is 2.32. The summed E-state index contributed by atoms with van der Waals surface area (Å²) in [5, 5.41) is 4.85. The number of anilines is 1. The van der Waals surface area contributed by atoms with E-state index in [1.54, 1.807) is 36.6 Å². The Bertz CT molecular complexity index is 1080. The number of hydrogen-bond acceptors (Lipinski definition) is 5. The standard InChI is InChI=1S/C21H20FN3O3S2/c1-12-13(2)30-20(18(12)19(23)27)24-17(26)11-25(21(28)16-4-3-9-29-16)10-14-5-7-15(22)8-6-14/h3-9H,10-11H2,1-2H3,(H2,23,27)(H,24,26). The second-order valence-corrected chi connectivity index (χ2v) is 8.84. The molecule has 0 atom stereocenters. The number of benzene rings is 1. The van der Waals surface area contributed by atoms with Crippen LogP contribution in [0.4, 0.5) is 9.39 Å². The number of hydrogen-bond donors (Lipinski definition) is 2. The van der Waals surface area contributed by atoms with Gasteiger partial charge in [-0.15, -0.1) is 22.7 Å². The summed E-state index contributed by atoms with van der Waals surface area (Å²) in [6.45, 7) is 3.50. The van der Waals surface area contributed by atoms with Crippen LogP contribution in [-0.4, -0.2) is 29.2 Å². The van der Waals surface area contributed by atoms with Gasteiger partial charge in [0.05, 0.1) is 10.4 Å². The van der Waals surface area contributed by atoms with Gasteiger partial charge in [-0.05, 0) is 48.6 Å². The van der Waals surface area contributed by atoms with Gasteiger partial charge in [0, 0.05) is 11.4 Å². The highest BCUT2D eigenvalue weighted by molar-refractivity contribution is 7.16. The van der Waals surface area contributed by atoms with Gasteiger partial charge in [-0.2, -0.15) is 0 Å². The Kier molecular flexibility index (Phi) is 6.63. The van der Waals surface area contributed by atoms with Gasteiger partial charge in [0.25, 0.3) is 11.8 Å². The van der Waals surface area contributed by atoms with Crippen molar-refractivity contribution in [2.45, 2.75) is 20.4 Å². The van der Waals surface area contributed by atoms with Crippen molar-refractivity contribution in [2.75, 3.05) is 11.9 Å². The van der Waals surface area contributed by atoms with Gasteiger partial charge in [0.1, 0.15) is 17.4 Å². The Labute approximate surface area is 181 Å². The molecular formula is C21H20FN3O3S2. The molecule has 1 aromatic carbocycles. The molecule has 0 aliphatic rings. The van der Waals surface area contributed by atoms with Crippen LogP contribution in [-0.2, 0) is 11.3 Å². The Balaban J connectivity index is 1.81. The summed E-state index contributed by atoms with van der Waals surface area (Å²) in [6.07, 6.45) is 0. The molecular weight excluding hydrogens is 425 g/mol. The summed E-state index contributed by atoms with van der Waals surface area (Å²) in [6, 6.07) is 9.18. The van der Waals surface area contributed by atoms with Crippen LogP contribution >= 0.6 is 22.7 Å². The zero-order valence-electron chi connectivity index (χ0n) is 16.4. The van der Waals surface area contributed by atoms with E-state index in [1.165, 1.54) is 39.7 Å². The number of nitrogens with zero attached hydrogens (tertiary/aromatic N) is 1. The SMILES string of the molecule is Cc1sc(NC(=O)CN(Cc2ccc(F)cc2)C(=O)c2cccs2)c(C(N)=O)c1C. The minimum Gasteiger partial charge on any atom is -0.365 e. The number of halogens is 1. The van der Waals surface area contributed by atoms with Crippen molar-refractivity contribution in [3.05, 3.63) is 74.0 Å². The number of primary amides is 1. The Morgan fingerprint density at radius 3 is 2.43 bits per heavy atom. The summed E-state index contributed by atoms with van der Waals surface area (Å²) in [5.41, 5.74) is 7.15. The predicted octanol–water partition coefficient (Wildman–Crippen LogP) is 3.95. The van der Waals surface area contributed by atoms with E-state index in [1.807, 2.05) is 6.92 Å². The molecule has 6 nitrogen and oxygen atoms in total. The number of rotatable bonds is 7. The van der Waals surface area contributed by atoms with Crippen molar-refractivity contribution in [1.82, 2.24) is 4.90 Å². The first-order valence-electron chi connectivity index (χ1n) is 9.03. The molecule has 0 fully saturated rings. The summed E-state index contributed by atoms with van der Waals surface area (Å²) in [5.74, 6) is -1.76. The molecule has 0 saturated heterocycles. The number of nitrogens with two attached hydrogens (primary N) is 1. The summed E-state index contributed by atoms with van der Waals surface area (Å²) < 4.78 is 13.2. The number of carbonyl (C=O) groups is 3. The Hall–Kier alpha value is -3.04. The van der Waals surface area contributed by atoms with Gasteiger partial charge in [0.15, 0.2) is 0 Å². The minimum atomic E-state index is -0.620. The molecule has 0 bridgehead atoms. The predicted molar refractivity (Wildman–Crippen MR) is 116 cm³/mol. The van der Waals surface area contributed by atoms with Crippen molar-refractivity contribution in [3.8, 4) is 0 Å². The van der Waals surface area contributed by atoms with Crippen LogP contribution < -0.4 is 11.1 Å². The van der Waals surface area contributed by atoms with E-state index in [0.29, 0.717) is 15.4 Å². The topological polar surface area (TPSA) is 92.5 Å². The molecule has 0 aliphatic heterocycles. The number of amides is 3. The maximum absolute atomic E-state index is 13.2. The normalized spacial score (nSPS) is 10.6. The van der Waals surface area contributed by atoms with Gasteiger partial charge in [-0.3, -0.25) is 14.4 Å². The smallest absolute Gasteiger partial charge is 0.264 e. The van der Waals surface area contributed by atoms with Crippen LogP contribution in [0.25, 0.3) is 0 Å². The first-order chi connectivity index (χ1) is 14.3. The van der Waals surface area contributed by atoms with E-state index >= 15 is 0 Å². The zero-order chi connectivity index (χ0) is 21.8. The average Bonchev–Trinajstić information content (AvgIpc) is 3.31. The van der Waals surface area contributed by atoms with Gasteiger partial charge >= 0.3 is 0 Å². The summed E-state index contributed by atoms with van der Waals surface area (Å²) in [4.78, 5) is 40.2. The molecule has 3 N–H and O–H groups in total. The lowest BCUT2D eigenvalue weighted by molar-refractivity contribution is -0.117. The quantitative estimate of drug-likeness (QED) is 0.577. The van der Waals surface area contributed by atoms with Crippen molar-refractivity contribution < 1.29 is 18.8 Å². The lowest BCUT2D eigenvalue weighted by Crippen LogP contribution is -2.37. The number of thiophene rings is 2. The summed E-state index contributed by atoms with van der Waals surface area (Å²) in [7, 11) is 0. The van der Waals surface area contributed by atoms with E-state index in [-0.39, 0.29) is 30.4 Å². The Morgan fingerprint density at radius 1 is 1.13 bits per heavy atom. The molecule has 156 valence electrons. The van der Waals surface area contributed by atoms with Crippen LogP contribution in [0.15, 0.2) is 41.8 Å². The maximum atomic E-state index is 13.2. The fourth-order valence-corrected chi connectivity index (χ4v) is 4.69. The molecule has 9 heteroatoms. The highest BCUT2D eigenvalue weighted by atomic mass is 32.1. The first kappa shape index (κ1) is 21.7. The van der Waals surface area contributed by atoms with E-state index < -0.39 is 11.8 Å². The van der Waals surface area contributed by atoms with Crippen LogP contribution in [0.3, 0.4) is 0 Å². The molecule has 0 unspecified atom stereocenters. The van der Waals surface area contributed by atoms with Crippen LogP contribution in [0.1, 0.15) is 36.0 Å². The molecule has 0 saturated carbocycles. The van der Waals surface area contributed by atoms with E-state index in [0.717, 1.165) is 10.4 Å². The van der Waals surface area contributed by atoms with Gasteiger partial charge in [-0.1, -0.05) is 18.2 Å². The third-order valence-electron chi connectivity index (χ3n) is 4.52. The van der Waals surface area contributed by atoms with E-state index in [4.69, 9.17) is 5.73 Å². The lowest BCUT2D eigenvalue weighted by atomic mass is 10.1. The number of carbonyl (C=O) groups excluding carboxylic acids is 3. The van der Waals surface area contributed by atoms with E-state index in [2.05, 4.69) is 5.32 Å². The molecule has 30 heavy (non-hydrogen) atoms. The first-order valence-corrected chi connectivity index (χ1v) is 10.7. The molecule has 3 rings (SSSR count). The minimum absolute atomic E-state index is 0.135. The molecule has 2 heterocycles. The molecule has 2 aromatic heterocycles. The largest absolute Gasteiger partial charge is 0.365 e. The third kappa shape index (κ3) is 4.92. The van der Waals surface area contributed by atoms with Crippen molar-refractivity contribution in [1.29, 1.82) is 0 Å². The van der Waals surface area contributed by atoms with Crippen molar-refractivity contribution in [3.63, 3.8) is 0 Å². The van der Waals surface area contributed by atoms with Crippen molar-refractivity contribution in [2.24, 2.45) is 5.73 Å².